The summed E-state index contributed by atoms with van der Waals surface area (Å²) in [6.45, 7) is 16.0. The fourth-order valence-corrected chi connectivity index (χ4v) is 3.04. The van der Waals surface area contributed by atoms with E-state index in [2.05, 4.69) is 46.5 Å². The Kier molecular flexibility index (Phi) is 11.5. The maximum Gasteiger partial charge on any atom is 0.224 e. The molecule has 1 atom stereocenters. The minimum Gasteiger partial charge on any atom is -0.353 e. The van der Waals surface area contributed by atoms with Crippen molar-refractivity contribution >= 4 is 33.4 Å². The normalized spacial score (nSPS) is 11.5. The van der Waals surface area contributed by atoms with Gasteiger partial charge in [0.15, 0.2) is 0 Å². The molecule has 2 N–H and O–H groups in total. The number of benzene rings is 1. The number of amides is 2. The van der Waals surface area contributed by atoms with Gasteiger partial charge in [-0.15, -0.1) is 0 Å². The van der Waals surface area contributed by atoms with Gasteiger partial charge in [0, 0.05) is 29.0 Å². The van der Waals surface area contributed by atoms with Gasteiger partial charge < -0.3 is 10.6 Å². The number of nitrogens with one attached hydrogen (secondary N) is 2. The molecule has 1 aromatic rings. The van der Waals surface area contributed by atoms with Crippen molar-refractivity contribution in [3.63, 3.8) is 0 Å². The number of halogens is 1. The standard InChI is InChI=1S/C19H29BrN2O2.C2H6/c1-7-16(23)21-15(11(2)3)8-9-17(24)22-19-13(5)10-12(4)18(20)14(19)6;1-2/h10-11,15H,7-9H2,1-6H3,(H,21,23)(H,22,24);1-2H3. The zero-order valence-electron chi connectivity index (χ0n) is 17.5. The van der Waals surface area contributed by atoms with Crippen LogP contribution in [0.5, 0.6) is 0 Å². The van der Waals surface area contributed by atoms with Crippen molar-refractivity contribution in [2.24, 2.45) is 5.92 Å². The topological polar surface area (TPSA) is 58.2 Å². The van der Waals surface area contributed by atoms with Crippen LogP contribution in [0.2, 0.25) is 0 Å². The zero-order chi connectivity index (χ0) is 20.4. The van der Waals surface area contributed by atoms with Crippen LogP contribution < -0.4 is 10.6 Å². The third kappa shape index (κ3) is 7.48. The molecule has 0 heterocycles. The van der Waals surface area contributed by atoms with E-state index >= 15 is 0 Å². The fourth-order valence-electron chi connectivity index (χ4n) is 2.72. The van der Waals surface area contributed by atoms with E-state index in [-0.39, 0.29) is 17.9 Å². The lowest BCUT2D eigenvalue weighted by Crippen LogP contribution is -2.38. The molecule has 1 aromatic carbocycles. The Balaban J connectivity index is 0.00000301. The van der Waals surface area contributed by atoms with Crippen molar-refractivity contribution in [2.45, 2.75) is 80.7 Å². The molecule has 1 rings (SSSR count). The van der Waals surface area contributed by atoms with Crippen LogP contribution in [-0.4, -0.2) is 17.9 Å². The molecule has 2 amide bonds. The van der Waals surface area contributed by atoms with Crippen molar-refractivity contribution in [2.75, 3.05) is 5.32 Å². The van der Waals surface area contributed by atoms with Gasteiger partial charge in [-0.2, -0.15) is 0 Å². The first-order chi connectivity index (χ1) is 12.2. The minimum absolute atomic E-state index is 0.0200. The SMILES string of the molecule is CC.CCC(=O)NC(CCC(=O)Nc1c(C)cc(C)c(Br)c1C)C(C)C. The summed E-state index contributed by atoms with van der Waals surface area (Å²) in [6, 6.07) is 2.08. The number of hydrogen-bond acceptors (Lipinski definition) is 2. The predicted molar refractivity (Wildman–Crippen MR) is 115 cm³/mol. The second kappa shape index (κ2) is 12.1. The highest BCUT2D eigenvalue weighted by Gasteiger charge is 2.18. The molecule has 4 nitrogen and oxygen atoms in total. The highest BCUT2D eigenvalue weighted by molar-refractivity contribution is 9.10. The molecule has 0 radical (unpaired) electrons. The smallest absolute Gasteiger partial charge is 0.224 e. The Morgan fingerprint density at radius 2 is 1.65 bits per heavy atom. The van der Waals surface area contributed by atoms with Gasteiger partial charge in [-0.25, -0.2) is 0 Å². The third-order valence-electron chi connectivity index (χ3n) is 4.30. The molecule has 0 aliphatic carbocycles. The van der Waals surface area contributed by atoms with Crippen LogP contribution in [0.15, 0.2) is 10.5 Å². The van der Waals surface area contributed by atoms with Gasteiger partial charge in [0.05, 0.1) is 0 Å². The van der Waals surface area contributed by atoms with Crippen LogP contribution in [0.25, 0.3) is 0 Å². The van der Waals surface area contributed by atoms with Crippen LogP contribution in [0.4, 0.5) is 5.69 Å². The van der Waals surface area contributed by atoms with Gasteiger partial charge in [0.2, 0.25) is 11.8 Å². The van der Waals surface area contributed by atoms with E-state index in [1.807, 2.05) is 41.5 Å². The van der Waals surface area contributed by atoms with Crippen molar-refractivity contribution in [3.05, 3.63) is 27.2 Å². The van der Waals surface area contributed by atoms with Gasteiger partial charge in [-0.1, -0.05) is 56.6 Å². The first-order valence-corrected chi connectivity index (χ1v) is 10.3. The van der Waals surface area contributed by atoms with Crippen LogP contribution in [0, 0.1) is 26.7 Å². The molecule has 26 heavy (non-hydrogen) atoms. The lowest BCUT2D eigenvalue weighted by atomic mass is 9.98. The van der Waals surface area contributed by atoms with Crippen LogP contribution >= 0.6 is 15.9 Å². The molecule has 148 valence electrons. The third-order valence-corrected chi connectivity index (χ3v) is 5.52. The molecule has 0 saturated heterocycles. The quantitative estimate of drug-likeness (QED) is 0.589. The summed E-state index contributed by atoms with van der Waals surface area (Å²) in [5.41, 5.74) is 4.13. The van der Waals surface area contributed by atoms with Gasteiger partial charge in [-0.3, -0.25) is 9.59 Å². The van der Waals surface area contributed by atoms with Crippen LogP contribution in [-0.2, 0) is 9.59 Å². The van der Waals surface area contributed by atoms with Crippen molar-refractivity contribution < 1.29 is 9.59 Å². The second-order valence-corrected chi connectivity index (χ2v) is 7.48. The van der Waals surface area contributed by atoms with E-state index in [1.54, 1.807) is 0 Å². The largest absolute Gasteiger partial charge is 0.353 e. The Hall–Kier alpha value is -1.36. The number of hydrogen-bond donors (Lipinski definition) is 2. The van der Waals surface area contributed by atoms with Crippen molar-refractivity contribution in [3.8, 4) is 0 Å². The summed E-state index contributed by atoms with van der Waals surface area (Å²) in [6.07, 6.45) is 1.49. The van der Waals surface area contributed by atoms with Crippen molar-refractivity contribution in [1.29, 1.82) is 0 Å². The van der Waals surface area contributed by atoms with E-state index in [1.165, 1.54) is 0 Å². The summed E-state index contributed by atoms with van der Waals surface area (Å²) >= 11 is 3.57. The maximum absolute atomic E-state index is 12.4. The van der Waals surface area contributed by atoms with Gasteiger partial charge in [-0.05, 0) is 49.8 Å². The number of anilines is 1. The maximum atomic E-state index is 12.4. The second-order valence-electron chi connectivity index (χ2n) is 6.68. The predicted octanol–water partition coefficient (Wildman–Crippen LogP) is 5.67. The highest BCUT2D eigenvalue weighted by Crippen LogP contribution is 2.31. The molecule has 0 fully saturated rings. The summed E-state index contributed by atoms with van der Waals surface area (Å²) in [5.74, 6) is 0.307. The molecule has 5 heteroatoms. The molecular weight excluding hydrogens is 392 g/mol. The van der Waals surface area contributed by atoms with Crippen LogP contribution in [0.3, 0.4) is 0 Å². The lowest BCUT2D eigenvalue weighted by Gasteiger charge is -2.22. The fraction of sp³-hybridized carbons (Fsp3) is 0.619. The Morgan fingerprint density at radius 3 is 2.15 bits per heavy atom. The van der Waals surface area contributed by atoms with Gasteiger partial charge in [0.25, 0.3) is 0 Å². The molecule has 1 unspecified atom stereocenters. The molecule has 0 aromatic heterocycles. The van der Waals surface area contributed by atoms with Crippen LogP contribution in [0.1, 0.15) is 70.6 Å². The highest BCUT2D eigenvalue weighted by atomic mass is 79.9. The summed E-state index contributed by atoms with van der Waals surface area (Å²) in [4.78, 5) is 24.0. The molecule has 0 spiro atoms. The Morgan fingerprint density at radius 1 is 1.08 bits per heavy atom. The van der Waals surface area contributed by atoms with Gasteiger partial charge in [0.1, 0.15) is 0 Å². The van der Waals surface area contributed by atoms with E-state index in [0.717, 1.165) is 26.9 Å². The summed E-state index contributed by atoms with van der Waals surface area (Å²) in [5, 5.41) is 6.02. The zero-order valence-corrected chi connectivity index (χ0v) is 19.1. The van der Waals surface area contributed by atoms with E-state index in [0.29, 0.717) is 25.2 Å². The molecule has 0 aliphatic rings. The average Bonchev–Trinajstić information content (AvgIpc) is 2.61. The lowest BCUT2D eigenvalue weighted by molar-refractivity contribution is -0.122. The first-order valence-electron chi connectivity index (χ1n) is 9.52. The van der Waals surface area contributed by atoms with Gasteiger partial charge >= 0.3 is 0 Å². The van der Waals surface area contributed by atoms with E-state index in [4.69, 9.17) is 0 Å². The minimum atomic E-state index is -0.0200. The monoisotopic (exact) mass is 426 g/mol. The molecule has 0 saturated carbocycles. The Bertz CT molecular complexity index is 613. The number of aryl methyl sites for hydroxylation is 2. The average molecular weight is 427 g/mol. The number of carbonyl (C=O) groups excluding carboxylic acids is 2. The first kappa shape index (κ1) is 24.6. The molecule has 0 bridgehead atoms. The molecule has 0 aliphatic heterocycles. The molecular formula is C21H35BrN2O2. The van der Waals surface area contributed by atoms with Crippen molar-refractivity contribution in [1.82, 2.24) is 5.32 Å². The van der Waals surface area contributed by atoms with E-state index in [9.17, 15) is 9.59 Å². The summed E-state index contributed by atoms with van der Waals surface area (Å²) in [7, 11) is 0. The Labute approximate surface area is 167 Å². The van der Waals surface area contributed by atoms with E-state index < -0.39 is 0 Å². The number of rotatable bonds is 7. The number of carbonyl (C=O) groups is 2. The summed E-state index contributed by atoms with van der Waals surface area (Å²) < 4.78 is 1.03.